The lowest BCUT2D eigenvalue weighted by Crippen LogP contribution is -2.06. The minimum Gasteiger partial charge on any atom is -0.495 e. The molecule has 0 fully saturated rings. The maximum atomic E-state index is 5.75. The lowest BCUT2D eigenvalue weighted by atomic mass is 9.89. The van der Waals surface area contributed by atoms with E-state index in [9.17, 15) is 0 Å². The second-order valence-corrected chi connectivity index (χ2v) is 5.00. The molecular formula is C17H14N2O2. The van der Waals surface area contributed by atoms with E-state index < -0.39 is 0 Å². The van der Waals surface area contributed by atoms with Gasteiger partial charge >= 0.3 is 0 Å². The molecule has 0 amide bonds. The molecule has 0 saturated heterocycles. The molecule has 1 aliphatic rings. The number of allylic oxidation sites excluding steroid dienone is 1. The van der Waals surface area contributed by atoms with E-state index in [-0.39, 0.29) is 5.92 Å². The molecule has 1 unspecified atom stereocenters. The monoisotopic (exact) mass is 278 g/mol. The van der Waals surface area contributed by atoms with E-state index in [0.29, 0.717) is 0 Å². The fourth-order valence-corrected chi connectivity index (χ4v) is 2.80. The number of nitrogens with zero attached hydrogens (tertiary/aromatic N) is 1. The van der Waals surface area contributed by atoms with E-state index in [2.05, 4.69) is 22.1 Å². The van der Waals surface area contributed by atoms with Gasteiger partial charge in [0.05, 0.1) is 19.6 Å². The maximum Gasteiger partial charge on any atom is 0.139 e. The summed E-state index contributed by atoms with van der Waals surface area (Å²) in [6, 6.07) is 8.23. The molecule has 0 aliphatic carbocycles. The van der Waals surface area contributed by atoms with Gasteiger partial charge in [-0.2, -0.15) is 0 Å². The van der Waals surface area contributed by atoms with E-state index in [4.69, 9.17) is 9.47 Å². The van der Waals surface area contributed by atoms with Gasteiger partial charge in [0, 0.05) is 34.8 Å². The van der Waals surface area contributed by atoms with Crippen LogP contribution in [0.2, 0.25) is 0 Å². The largest absolute Gasteiger partial charge is 0.495 e. The Morgan fingerprint density at radius 3 is 3.10 bits per heavy atom. The Bertz CT molecular complexity index is 836. The summed E-state index contributed by atoms with van der Waals surface area (Å²) < 4.78 is 11.0. The van der Waals surface area contributed by atoms with Gasteiger partial charge in [-0.25, -0.2) is 0 Å². The van der Waals surface area contributed by atoms with Crippen molar-refractivity contribution < 1.29 is 9.47 Å². The Morgan fingerprint density at radius 1 is 1.24 bits per heavy atom. The van der Waals surface area contributed by atoms with Crippen molar-refractivity contribution in [3.8, 4) is 11.5 Å². The molecule has 0 radical (unpaired) electrons. The molecule has 3 heterocycles. The predicted molar refractivity (Wildman–Crippen MR) is 80.7 cm³/mol. The molecule has 1 aromatic carbocycles. The molecular weight excluding hydrogens is 264 g/mol. The van der Waals surface area contributed by atoms with Crippen LogP contribution in [0.15, 0.2) is 55.2 Å². The van der Waals surface area contributed by atoms with Gasteiger partial charge < -0.3 is 14.5 Å². The molecule has 0 saturated carbocycles. The first-order chi connectivity index (χ1) is 10.4. The van der Waals surface area contributed by atoms with E-state index in [0.717, 1.165) is 33.5 Å². The zero-order valence-electron chi connectivity index (χ0n) is 11.5. The summed E-state index contributed by atoms with van der Waals surface area (Å²) in [5.41, 5.74) is 3.30. The van der Waals surface area contributed by atoms with Gasteiger partial charge in [0.2, 0.25) is 0 Å². The normalized spacial score (nSPS) is 16.5. The fourth-order valence-electron chi connectivity index (χ4n) is 2.80. The first-order valence-corrected chi connectivity index (χ1v) is 6.79. The van der Waals surface area contributed by atoms with Crippen LogP contribution in [0.4, 0.5) is 0 Å². The number of hydrogen-bond acceptors (Lipinski definition) is 3. The van der Waals surface area contributed by atoms with Crippen LogP contribution in [-0.2, 0) is 0 Å². The quantitative estimate of drug-likeness (QED) is 0.779. The summed E-state index contributed by atoms with van der Waals surface area (Å²) in [5, 5.41) is 1.10. The van der Waals surface area contributed by atoms with Gasteiger partial charge in [0.15, 0.2) is 0 Å². The molecule has 4 nitrogen and oxygen atoms in total. The Morgan fingerprint density at radius 2 is 2.19 bits per heavy atom. The van der Waals surface area contributed by atoms with Crippen molar-refractivity contribution in [1.82, 2.24) is 9.97 Å². The minimum absolute atomic E-state index is 0.121. The summed E-state index contributed by atoms with van der Waals surface area (Å²) >= 11 is 0. The lowest BCUT2D eigenvalue weighted by molar-refractivity contribution is 0.412. The number of aromatic nitrogens is 2. The molecule has 21 heavy (non-hydrogen) atoms. The highest BCUT2D eigenvalue weighted by Crippen LogP contribution is 2.40. The molecule has 1 N–H and O–H groups in total. The first-order valence-electron chi connectivity index (χ1n) is 6.79. The number of pyridine rings is 1. The number of benzene rings is 1. The van der Waals surface area contributed by atoms with Crippen LogP contribution in [0.5, 0.6) is 11.5 Å². The van der Waals surface area contributed by atoms with E-state index >= 15 is 0 Å². The van der Waals surface area contributed by atoms with Crippen molar-refractivity contribution >= 4 is 10.9 Å². The second-order valence-electron chi connectivity index (χ2n) is 5.00. The first kappa shape index (κ1) is 12.0. The number of hydrogen-bond donors (Lipinski definition) is 1. The fraction of sp³-hybridized carbons (Fsp3) is 0.118. The number of aromatic amines is 1. The highest BCUT2D eigenvalue weighted by molar-refractivity contribution is 5.88. The van der Waals surface area contributed by atoms with Crippen molar-refractivity contribution in [3.63, 3.8) is 0 Å². The topological polar surface area (TPSA) is 47.1 Å². The Labute approximate surface area is 122 Å². The summed E-state index contributed by atoms with van der Waals surface area (Å²) in [5.74, 6) is 1.79. The maximum absolute atomic E-state index is 5.75. The number of rotatable bonds is 2. The Balaban J connectivity index is 1.88. The standard InChI is InChI=1S/C17H14N2O2/c1-20-12-8-11(9-18-10-12)13-5-7-21-17-14(13)2-3-16-15(17)4-6-19-16/h2-10,13,19H,1H3. The van der Waals surface area contributed by atoms with Gasteiger partial charge in [0.1, 0.15) is 11.5 Å². The van der Waals surface area contributed by atoms with Crippen molar-refractivity contribution in [2.45, 2.75) is 5.92 Å². The summed E-state index contributed by atoms with van der Waals surface area (Å²) in [4.78, 5) is 7.46. The molecule has 2 aromatic heterocycles. The molecule has 1 aliphatic heterocycles. The smallest absolute Gasteiger partial charge is 0.139 e. The highest BCUT2D eigenvalue weighted by atomic mass is 16.5. The number of nitrogens with one attached hydrogen (secondary N) is 1. The number of H-pyrrole nitrogens is 1. The Hall–Kier alpha value is -2.75. The Kier molecular flexibility index (Phi) is 2.67. The summed E-state index contributed by atoms with van der Waals surface area (Å²) in [7, 11) is 1.65. The second kappa shape index (κ2) is 4.66. The van der Waals surface area contributed by atoms with Crippen molar-refractivity contribution in [2.24, 2.45) is 0 Å². The molecule has 1 atom stereocenters. The summed E-state index contributed by atoms with van der Waals surface area (Å²) in [6.07, 6.45) is 9.29. The van der Waals surface area contributed by atoms with Crippen LogP contribution in [0.25, 0.3) is 10.9 Å². The average Bonchev–Trinajstić information content (AvgIpc) is 3.03. The number of ether oxygens (including phenoxy) is 2. The van der Waals surface area contributed by atoms with Gasteiger partial charge in [-0.15, -0.1) is 0 Å². The van der Waals surface area contributed by atoms with E-state index in [1.54, 1.807) is 19.6 Å². The zero-order valence-corrected chi connectivity index (χ0v) is 11.5. The third kappa shape index (κ3) is 1.88. The predicted octanol–water partition coefficient (Wildman–Crippen LogP) is 3.61. The molecule has 0 spiro atoms. The van der Waals surface area contributed by atoms with Crippen LogP contribution in [0, 0.1) is 0 Å². The van der Waals surface area contributed by atoms with Crippen LogP contribution >= 0.6 is 0 Å². The van der Waals surface area contributed by atoms with Crippen LogP contribution in [0.1, 0.15) is 17.0 Å². The van der Waals surface area contributed by atoms with Crippen LogP contribution in [-0.4, -0.2) is 17.1 Å². The molecule has 4 heteroatoms. The molecule has 3 aromatic rings. The molecule has 4 rings (SSSR count). The van der Waals surface area contributed by atoms with Crippen LogP contribution < -0.4 is 9.47 Å². The van der Waals surface area contributed by atoms with Crippen molar-refractivity contribution in [2.75, 3.05) is 7.11 Å². The number of methoxy groups -OCH3 is 1. The van der Waals surface area contributed by atoms with Crippen molar-refractivity contribution in [1.29, 1.82) is 0 Å². The van der Waals surface area contributed by atoms with Gasteiger partial charge in [-0.3, -0.25) is 4.98 Å². The van der Waals surface area contributed by atoms with Gasteiger partial charge in [-0.05, 0) is 29.8 Å². The van der Waals surface area contributed by atoms with Gasteiger partial charge in [-0.1, -0.05) is 6.07 Å². The average molecular weight is 278 g/mol. The molecule has 104 valence electrons. The van der Waals surface area contributed by atoms with E-state index in [1.165, 1.54) is 0 Å². The minimum atomic E-state index is 0.121. The van der Waals surface area contributed by atoms with Crippen LogP contribution in [0.3, 0.4) is 0 Å². The summed E-state index contributed by atoms with van der Waals surface area (Å²) in [6.45, 7) is 0. The zero-order chi connectivity index (χ0) is 14.2. The highest BCUT2D eigenvalue weighted by Gasteiger charge is 2.22. The van der Waals surface area contributed by atoms with Gasteiger partial charge in [0.25, 0.3) is 0 Å². The third-order valence-electron chi connectivity index (χ3n) is 3.84. The van der Waals surface area contributed by atoms with E-state index in [1.807, 2.05) is 30.6 Å². The lowest BCUT2D eigenvalue weighted by Gasteiger charge is -2.22. The number of fused-ring (bicyclic) bond motifs is 3. The third-order valence-corrected chi connectivity index (χ3v) is 3.84. The van der Waals surface area contributed by atoms with Crippen molar-refractivity contribution in [3.05, 3.63) is 66.3 Å². The molecule has 0 bridgehead atoms. The SMILES string of the molecule is COc1cncc(C2C=COc3c2ccc2[nH]ccc32)c1.